The van der Waals surface area contributed by atoms with Crippen LogP contribution in [0.2, 0.25) is 0 Å². The number of benzene rings is 1. The molecule has 2 aliphatic rings. The van der Waals surface area contributed by atoms with E-state index in [1.165, 1.54) is 12.0 Å². The lowest BCUT2D eigenvalue weighted by Crippen LogP contribution is -2.57. The van der Waals surface area contributed by atoms with Gasteiger partial charge in [-0.3, -0.25) is 14.9 Å². The van der Waals surface area contributed by atoms with Crippen molar-refractivity contribution in [3.05, 3.63) is 90.0 Å². The Bertz CT molecular complexity index is 982. The monoisotopic (exact) mass is 415 g/mol. The first-order valence-corrected chi connectivity index (χ1v) is 11.2. The molecule has 2 aromatic heterocycles. The van der Waals surface area contributed by atoms with Crippen LogP contribution in [-0.4, -0.2) is 33.1 Å². The standard InChI is InChI=1S/C26H29N3O2/c30-26(21-10-6-13-27-15-21)22-8-5-9-23(26)18-29(17-22)16-20-7-1-2-12-25(20)31-19-24-11-3-4-14-28-24/h1-4,6-7,10-15,22-23,30H,5,8-9,16-19H2/t22-,23-/m0/s1. The van der Waals surface area contributed by atoms with Crippen molar-refractivity contribution < 1.29 is 9.84 Å². The highest BCUT2D eigenvalue weighted by Crippen LogP contribution is 2.49. The minimum absolute atomic E-state index is 0.228. The molecule has 0 amide bonds. The Morgan fingerprint density at radius 3 is 2.52 bits per heavy atom. The molecule has 1 aromatic carbocycles. The number of ether oxygens (including phenoxy) is 1. The predicted octanol–water partition coefficient (Wildman–Crippen LogP) is 4.18. The van der Waals surface area contributed by atoms with Crippen molar-refractivity contribution in [2.45, 2.75) is 38.0 Å². The van der Waals surface area contributed by atoms with Gasteiger partial charge >= 0.3 is 0 Å². The van der Waals surface area contributed by atoms with Gasteiger partial charge in [0.2, 0.25) is 0 Å². The summed E-state index contributed by atoms with van der Waals surface area (Å²) in [6, 6.07) is 18.1. The second kappa shape index (κ2) is 8.77. The summed E-state index contributed by atoms with van der Waals surface area (Å²) in [7, 11) is 0. The molecule has 1 saturated heterocycles. The summed E-state index contributed by atoms with van der Waals surface area (Å²) < 4.78 is 6.12. The molecule has 5 heteroatoms. The van der Waals surface area contributed by atoms with Crippen molar-refractivity contribution in [1.82, 2.24) is 14.9 Å². The van der Waals surface area contributed by atoms with E-state index in [0.29, 0.717) is 6.61 Å². The molecule has 1 aliphatic heterocycles. The van der Waals surface area contributed by atoms with Crippen LogP contribution >= 0.6 is 0 Å². The maximum atomic E-state index is 11.8. The van der Waals surface area contributed by atoms with Gasteiger partial charge in [0.25, 0.3) is 0 Å². The topological polar surface area (TPSA) is 58.5 Å². The Morgan fingerprint density at radius 1 is 0.968 bits per heavy atom. The van der Waals surface area contributed by atoms with E-state index in [1.54, 1.807) is 12.4 Å². The van der Waals surface area contributed by atoms with Gasteiger partial charge in [-0.15, -0.1) is 0 Å². The zero-order valence-electron chi connectivity index (χ0n) is 17.7. The fourth-order valence-corrected chi connectivity index (χ4v) is 5.39. The predicted molar refractivity (Wildman–Crippen MR) is 119 cm³/mol. The molecule has 1 aliphatic carbocycles. The SMILES string of the molecule is OC1(c2cccnc2)[C@H]2CCC[C@H]1CN(Cc1ccccc1OCc1ccccn1)C2. The number of pyridine rings is 2. The van der Waals surface area contributed by atoms with E-state index in [1.807, 2.05) is 48.7 Å². The summed E-state index contributed by atoms with van der Waals surface area (Å²) in [5.41, 5.74) is 2.32. The van der Waals surface area contributed by atoms with Crippen LogP contribution in [0.1, 0.15) is 36.1 Å². The van der Waals surface area contributed by atoms with Gasteiger partial charge in [-0.2, -0.15) is 0 Å². The Balaban J connectivity index is 1.31. The first-order valence-electron chi connectivity index (χ1n) is 11.2. The number of hydrogen-bond acceptors (Lipinski definition) is 5. The number of aromatic nitrogens is 2. The highest BCUT2D eigenvalue weighted by molar-refractivity contribution is 5.34. The molecular weight excluding hydrogens is 386 g/mol. The lowest BCUT2D eigenvalue weighted by Gasteiger charge is -2.53. The van der Waals surface area contributed by atoms with Gasteiger partial charge in [0.15, 0.2) is 0 Å². The highest BCUT2D eigenvalue weighted by atomic mass is 16.5. The number of hydrogen-bond donors (Lipinski definition) is 1. The fourth-order valence-electron chi connectivity index (χ4n) is 5.39. The van der Waals surface area contributed by atoms with E-state index < -0.39 is 5.60 Å². The molecule has 5 nitrogen and oxygen atoms in total. The van der Waals surface area contributed by atoms with E-state index in [2.05, 4.69) is 27.0 Å². The lowest BCUT2D eigenvalue weighted by atomic mass is 9.63. The number of aliphatic hydroxyl groups is 1. The number of fused-ring (bicyclic) bond motifs is 2. The minimum Gasteiger partial charge on any atom is -0.487 e. The average Bonchev–Trinajstić information content (AvgIpc) is 2.80. The van der Waals surface area contributed by atoms with E-state index in [0.717, 1.165) is 49.5 Å². The normalized spacial score (nSPS) is 25.8. The number of nitrogens with zero attached hydrogens (tertiary/aromatic N) is 3. The minimum atomic E-state index is -0.766. The van der Waals surface area contributed by atoms with Gasteiger partial charge in [0.05, 0.1) is 11.3 Å². The highest BCUT2D eigenvalue weighted by Gasteiger charge is 2.51. The molecule has 1 saturated carbocycles. The molecule has 31 heavy (non-hydrogen) atoms. The van der Waals surface area contributed by atoms with Crippen molar-refractivity contribution in [2.75, 3.05) is 13.1 Å². The average molecular weight is 416 g/mol. The molecule has 2 fully saturated rings. The van der Waals surface area contributed by atoms with Crippen molar-refractivity contribution >= 4 is 0 Å². The van der Waals surface area contributed by atoms with Gasteiger partial charge in [0, 0.05) is 61.2 Å². The molecule has 5 rings (SSSR count). The van der Waals surface area contributed by atoms with Gasteiger partial charge in [-0.25, -0.2) is 0 Å². The van der Waals surface area contributed by atoms with Crippen molar-refractivity contribution in [2.24, 2.45) is 11.8 Å². The fraction of sp³-hybridized carbons (Fsp3) is 0.385. The Kier molecular flexibility index (Phi) is 5.70. The van der Waals surface area contributed by atoms with Crippen LogP contribution in [0.3, 0.4) is 0 Å². The number of piperidine rings is 1. The van der Waals surface area contributed by atoms with Gasteiger partial charge in [-0.05, 0) is 37.1 Å². The molecule has 160 valence electrons. The first-order chi connectivity index (χ1) is 15.2. The molecule has 0 spiro atoms. The maximum Gasteiger partial charge on any atom is 0.130 e. The summed E-state index contributed by atoms with van der Waals surface area (Å²) in [4.78, 5) is 11.1. The molecule has 3 aromatic rings. The number of rotatable bonds is 6. The van der Waals surface area contributed by atoms with Crippen molar-refractivity contribution in [3.8, 4) is 5.75 Å². The van der Waals surface area contributed by atoms with Crippen molar-refractivity contribution in [3.63, 3.8) is 0 Å². The summed E-state index contributed by atoms with van der Waals surface area (Å²) in [5.74, 6) is 1.36. The lowest BCUT2D eigenvalue weighted by molar-refractivity contribution is -0.148. The summed E-state index contributed by atoms with van der Waals surface area (Å²) in [6.45, 7) is 3.06. The van der Waals surface area contributed by atoms with Crippen LogP contribution in [0.4, 0.5) is 0 Å². The van der Waals surface area contributed by atoms with Crippen LogP contribution in [0.25, 0.3) is 0 Å². The smallest absolute Gasteiger partial charge is 0.130 e. The van der Waals surface area contributed by atoms with Crippen LogP contribution in [0.5, 0.6) is 5.75 Å². The van der Waals surface area contributed by atoms with Crippen LogP contribution in [0, 0.1) is 11.8 Å². The number of para-hydroxylation sites is 1. The van der Waals surface area contributed by atoms with Crippen molar-refractivity contribution in [1.29, 1.82) is 0 Å². The van der Waals surface area contributed by atoms with Gasteiger partial charge in [0.1, 0.15) is 12.4 Å². The van der Waals surface area contributed by atoms with E-state index in [9.17, 15) is 5.11 Å². The second-order valence-electron chi connectivity index (χ2n) is 8.80. The number of likely N-dealkylation sites (tertiary alicyclic amines) is 1. The molecule has 2 atom stereocenters. The Morgan fingerprint density at radius 2 is 1.77 bits per heavy atom. The first kappa shape index (κ1) is 20.2. The van der Waals surface area contributed by atoms with E-state index >= 15 is 0 Å². The molecule has 2 bridgehead atoms. The third-order valence-corrected chi connectivity index (χ3v) is 6.90. The zero-order chi connectivity index (χ0) is 21.1. The molecular formula is C26H29N3O2. The van der Waals surface area contributed by atoms with E-state index in [4.69, 9.17) is 4.74 Å². The third-order valence-electron chi connectivity index (χ3n) is 6.90. The zero-order valence-corrected chi connectivity index (χ0v) is 17.7. The second-order valence-corrected chi connectivity index (χ2v) is 8.80. The Hall–Kier alpha value is -2.76. The summed E-state index contributed by atoms with van der Waals surface area (Å²) in [5, 5.41) is 11.8. The molecule has 0 radical (unpaired) electrons. The maximum absolute atomic E-state index is 11.8. The third kappa shape index (κ3) is 4.08. The van der Waals surface area contributed by atoms with E-state index in [-0.39, 0.29) is 11.8 Å². The summed E-state index contributed by atoms with van der Waals surface area (Å²) in [6.07, 6.45) is 8.71. The quantitative estimate of drug-likeness (QED) is 0.655. The Labute approximate surface area is 183 Å². The van der Waals surface area contributed by atoms with Crippen LogP contribution in [0.15, 0.2) is 73.2 Å². The summed E-state index contributed by atoms with van der Waals surface area (Å²) >= 11 is 0. The van der Waals surface area contributed by atoms with Crippen LogP contribution < -0.4 is 4.74 Å². The largest absolute Gasteiger partial charge is 0.487 e. The van der Waals surface area contributed by atoms with Crippen LogP contribution in [-0.2, 0) is 18.8 Å². The molecule has 1 N–H and O–H groups in total. The molecule has 0 unspecified atom stereocenters. The van der Waals surface area contributed by atoms with Gasteiger partial charge < -0.3 is 9.84 Å². The molecule has 3 heterocycles. The van der Waals surface area contributed by atoms with Gasteiger partial charge in [-0.1, -0.05) is 36.8 Å².